The molecule has 3 heterocycles. The summed E-state index contributed by atoms with van der Waals surface area (Å²) in [6.45, 7) is 8.66. The Balaban J connectivity index is 1.13. The highest BCUT2D eigenvalue weighted by Crippen LogP contribution is 2.45. The number of benzene rings is 9. The summed E-state index contributed by atoms with van der Waals surface area (Å²) >= 11 is 0. The zero-order valence-corrected chi connectivity index (χ0v) is 32.0. The summed E-state index contributed by atoms with van der Waals surface area (Å²) < 4.78 is 10.8. The van der Waals surface area contributed by atoms with Crippen LogP contribution in [-0.4, -0.2) is 9.13 Å². The van der Waals surface area contributed by atoms with E-state index in [-0.39, 0.29) is 0 Å². The lowest BCUT2D eigenvalue weighted by molar-refractivity contribution is 0.673. The second-order valence-electron chi connectivity index (χ2n) is 15.1. The van der Waals surface area contributed by atoms with Gasteiger partial charge in [0.2, 0.25) is 5.69 Å². The predicted octanol–water partition coefficient (Wildman–Crippen LogP) is 14.8. The molecule has 0 radical (unpaired) electrons. The lowest BCUT2D eigenvalue weighted by Crippen LogP contribution is -2.09. The van der Waals surface area contributed by atoms with Crippen molar-refractivity contribution in [2.45, 2.75) is 0 Å². The molecule has 0 aliphatic carbocycles. The van der Waals surface area contributed by atoms with Gasteiger partial charge in [0.15, 0.2) is 0 Å². The minimum atomic E-state index is 0.436. The number of nitriles is 1. The second-order valence-corrected chi connectivity index (χ2v) is 15.1. The molecule has 0 N–H and O–H groups in total. The molecule has 0 aliphatic rings. The highest BCUT2D eigenvalue weighted by atomic mass is 16.3. The van der Waals surface area contributed by atoms with Crippen LogP contribution in [-0.2, 0) is 0 Å². The highest BCUT2D eigenvalue weighted by Gasteiger charge is 2.24. The van der Waals surface area contributed by atoms with E-state index in [0.717, 1.165) is 93.4 Å². The Kier molecular flexibility index (Phi) is 7.26. The molecule has 12 aromatic rings. The van der Waals surface area contributed by atoms with Crippen molar-refractivity contribution < 1.29 is 4.42 Å². The predicted molar refractivity (Wildman–Crippen MR) is 246 cm³/mol. The minimum Gasteiger partial charge on any atom is -0.455 e. The van der Waals surface area contributed by atoms with E-state index in [2.05, 4.69) is 158 Å². The first-order chi connectivity index (χ1) is 29.7. The molecule has 0 amide bonds. The zero-order chi connectivity index (χ0) is 39.9. The summed E-state index contributed by atoms with van der Waals surface area (Å²) in [5, 5.41) is 19.5. The van der Waals surface area contributed by atoms with Gasteiger partial charge in [-0.25, -0.2) is 4.85 Å². The van der Waals surface area contributed by atoms with Gasteiger partial charge in [0.05, 0.1) is 51.0 Å². The van der Waals surface area contributed by atoms with Crippen molar-refractivity contribution in [3.05, 3.63) is 205 Å². The van der Waals surface area contributed by atoms with Gasteiger partial charge in [0.1, 0.15) is 17.2 Å². The topological polar surface area (TPSA) is 54.4 Å². The van der Waals surface area contributed by atoms with Crippen molar-refractivity contribution in [3.8, 4) is 17.4 Å². The van der Waals surface area contributed by atoms with E-state index in [4.69, 9.17) is 11.0 Å². The fraction of sp³-hybridized carbons (Fsp3) is 0. The van der Waals surface area contributed by atoms with Crippen LogP contribution in [0.3, 0.4) is 0 Å². The maximum absolute atomic E-state index is 11.0. The Morgan fingerprint density at radius 1 is 0.483 bits per heavy atom. The molecule has 0 spiro atoms. The number of hydrogen-bond acceptors (Lipinski definition) is 3. The third kappa shape index (κ3) is 4.80. The molecular weight excluding hydrogens is 735 g/mol. The molecule has 60 heavy (non-hydrogen) atoms. The highest BCUT2D eigenvalue weighted by molar-refractivity contribution is 6.24. The molecule has 12 rings (SSSR count). The smallest absolute Gasteiger partial charge is 0.212 e. The Hall–Kier alpha value is -8.58. The number of furan rings is 1. The monoisotopic (exact) mass is 765 g/mol. The van der Waals surface area contributed by atoms with Gasteiger partial charge in [-0.3, -0.25) is 0 Å². The summed E-state index contributed by atoms with van der Waals surface area (Å²) in [7, 11) is 0. The lowest BCUT2D eigenvalue weighted by Gasteiger charge is -2.25. The number of rotatable bonds is 5. The summed E-state index contributed by atoms with van der Waals surface area (Å²) in [6.07, 6.45) is 0. The van der Waals surface area contributed by atoms with E-state index in [9.17, 15) is 5.26 Å². The van der Waals surface area contributed by atoms with Crippen LogP contribution in [0.1, 0.15) is 5.56 Å². The van der Waals surface area contributed by atoms with Gasteiger partial charge >= 0.3 is 0 Å². The summed E-state index contributed by atoms with van der Waals surface area (Å²) in [4.78, 5) is 6.46. The molecule has 0 unspecified atom stereocenters. The minimum absolute atomic E-state index is 0.436. The standard InChI is InChI=1S/C54H31N5O/c1-56-44-32-49(58-45-22-12-10-21-42(45)53-48(58)29-26-41-40-20-11-13-23-51(40)60-54(41)53)35(33-55)30-50(44)59-46-28-25-38(57(36-15-4-2-5-16-36)37-17-6-3-7-18-37)31-43(46)52-39-19-9-8-14-34(39)24-27-47(52)59/h2-32H. The quantitative estimate of drug-likeness (QED) is 0.164. The van der Waals surface area contributed by atoms with Gasteiger partial charge in [-0.2, -0.15) is 5.26 Å². The van der Waals surface area contributed by atoms with Crippen LogP contribution in [0.2, 0.25) is 0 Å². The number of para-hydroxylation sites is 4. The number of fused-ring (bicyclic) bond motifs is 12. The summed E-state index contributed by atoms with van der Waals surface area (Å²) in [5.41, 5.74) is 10.7. The Labute approximate surface area is 344 Å². The van der Waals surface area contributed by atoms with E-state index >= 15 is 0 Å². The van der Waals surface area contributed by atoms with Crippen LogP contribution in [0.4, 0.5) is 22.7 Å². The first-order valence-electron chi connectivity index (χ1n) is 19.9. The molecule has 3 aromatic heterocycles. The molecule has 0 aliphatic heterocycles. The lowest BCUT2D eigenvalue weighted by atomic mass is 10.0. The van der Waals surface area contributed by atoms with E-state index in [1.165, 1.54) is 0 Å². The molecule has 0 bridgehead atoms. The molecule has 0 atom stereocenters. The largest absolute Gasteiger partial charge is 0.455 e. The van der Waals surface area contributed by atoms with Gasteiger partial charge in [-0.05, 0) is 95.7 Å². The fourth-order valence-corrected chi connectivity index (χ4v) is 9.38. The average Bonchev–Trinajstić information content (AvgIpc) is 3.97. The van der Waals surface area contributed by atoms with E-state index in [1.807, 2.05) is 54.6 Å². The van der Waals surface area contributed by atoms with Crippen LogP contribution >= 0.6 is 0 Å². The maximum Gasteiger partial charge on any atom is 0.212 e. The number of hydrogen-bond donors (Lipinski definition) is 0. The van der Waals surface area contributed by atoms with Gasteiger partial charge in [-0.1, -0.05) is 103 Å². The molecule has 0 fully saturated rings. The van der Waals surface area contributed by atoms with Gasteiger partial charge in [0.25, 0.3) is 0 Å². The maximum atomic E-state index is 11.0. The van der Waals surface area contributed by atoms with Crippen LogP contribution in [0.5, 0.6) is 0 Å². The molecule has 6 nitrogen and oxygen atoms in total. The van der Waals surface area contributed by atoms with E-state index in [0.29, 0.717) is 22.6 Å². The summed E-state index contributed by atoms with van der Waals surface area (Å²) in [6, 6.07) is 66.9. The van der Waals surface area contributed by atoms with Crippen LogP contribution in [0, 0.1) is 17.9 Å². The zero-order valence-electron chi connectivity index (χ0n) is 32.0. The molecule has 0 saturated heterocycles. The van der Waals surface area contributed by atoms with Crippen molar-refractivity contribution >= 4 is 99.1 Å². The first kappa shape index (κ1) is 33.5. The van der Waals surface area contributed by atoms with E-state index < -0.39 is 0 Å². The van der Waals surface area contributed by atoms with Crippen molar-refractivity contribution in [2.75, 3.05) is 4.90 Å². The fourth-order valence-electron chi connectivity index (χ4n) is 9.38. The molecule has 278 valence electrons. The van der Waals surface area contributed by atoms with E-state index in [1.54, 1.807) is 0 Å². The van der Waals surface area contributed by atoms with Crippen LogP contribution in [0.25, 0.3) is 92.5 Å². The van der Waals surface area contributed by atoms with Crippen molar-refractivity contribution in [2.24, 2.45) is 0 Å². The molecule has 6 heteroatoms. The van der Waals surface area contributed by atoms with Crippen molar-refractivity contribution in [1.29, 1.82) is 5.26 Å². The average molecular weight is 766 g/mol. The Morgan fingerprint density at radius 3 is 1.87 bits per heavy atom. The molecule has 0 saturated carbocycles. The number of nitrogens with zero attached hydrogens (tertiary/aromatic N) is 5. The Morgan fingerprint density at radius 2 is 1.10 bits per heavy atom. The van der Waals surface area contributed by atoms with Gasteiger partial charge in [0, 0.05) is 44.0 Å². The Bertz CT molecular complexity index is 3760. The molecule has 9 aromatic carbocycles. The third-order valence-electron chi connectivity index (χ3n) is 11.9. The number of anilines is 3. The van der Waals surface area contributed by atoms with Crippen LogP contribution in [0.15, 0.2) is 192 Å². The van der Waals surface area contributed by atoms with Crippen molar-refractivity contribution in [1.82, 2.24) is 9.13 Å². The SMILES string of the molecule is [C-]#[N+]c1cc(-n2c3ccccc3c3c4oc5ccccc5c4ccc32)c(C#N)cc1-n1c2ccc(N(c3ccccc3)c3ccccc3)cc2c2c3ccccc3ccc21. The summed E-state index contributed by atoms with van der Waals surface area (Å²) in [5.74, 6) is 0. The van der Waals surface area contributed by atoms with Gasteiger partial charge in [-0.15, -0.1) is 0 Å². The first-order valence-corrected chi connectivity index (χ1v) is 19.9. The van der Waals surface area contributed by atoms with Gasteiger partial charge < -0.3 is 18.5 Å². The molecular formula is C54H31N5O. The third-order valence-corrected chi connectivity index (χ3v) is 11.9. The number of aromatic nitrogens is 2. The second kappa shape index (κ2) is 13.0. The van der Waals surface area contributed by atoms with Crippen molar-refractivity contribution in [3.63, 3.8) is 0 Å². The van der Waals surface area contributed by atoms with Crippen LogP contribution < -0.4 is 4.90 Å². The normalized spacial score (nSPS) is 11.6.